The molecule has 0 amide bonds. The summed E-state index contributed by atoms with van der Waals surface area (Å²) in [4.78, 5) is 21.5. The lowest BCUT2D eigenvalue weighted by Gasteiger charge is -2.36. The summed E-state index contributed by atoms with van der Waals surface area (Å²) in [5, 5.41) is 11.5. The molecule has 146 valence electrons. The number of aliphatic hydroxyl groups is 1. The van der Waals surface area contributed by atoms with Crippen LogP contribution in [-0.2, 0) is 6.54 Å². The van der Waals surface area contributed by atoms with Crippen LogP contribution in [0.15, 0.2) is 59.7 Å². The van der Waals surface area contributed by atoms with Gasteiger partial charge in [-0.25, -0.2) is 4.98 Å². The van der Waals surface area contributed by atoms with Crippen molar-refractivity contribution in [2.75, 3.05) is 37.6 Å². The van der Waals surface area contributed by atoms with Crippen LogP contribution >= 0.6 is 11.6 Å². The first-order valence-corrected chi connectivity index (χ1v) is 9.83. The van der Waals surface area contributed by atoms with Gasteiger partial charge in [-0.3, -0.25) is 14.3 Å². The summed E-state index contributed by atoms with van der Waals surface area (Å²) in [7, 11) is 0. The minimum absolute atomic E-state index is 0.180. The molecule has 0 aliphatic carbocycles. The molecule has 1 aliphatic heterocycles. The first kappa shape index (κ1) is 18.9. The van der Waals surface area contributed by atoms with E-state index in [2.05, 4.69) is 26.9 Å². The molecule has 1 N–H and O–H groups in total. The Morgan fingerprint density at radius 3 is 2.54 bits per heavy atom. The molecule has 28 heavy (non-hydrogen) atoms. The number of aliphatic hydroxyl groups excluding tert-OH is 1. The molecule has 0 radical (unpaired) electrons. The van der Waals surface area contributed by atoms with Crippen LogP contribution in [0.3, 0.4) is 0 Å². The van der Waals surface area contributed by atoms with Crippen LogP contribution in [0.1, 0.15) is 0 Å². The smallest absolute Gasteiger partial charge is 0.261 e. The number of benzene rings is 2. The average Bonchev–Trinajstić information content (AvgIpc) is 2.72. The van der Waals surface area contributed by atoms with Gasteiger partial charge in [-0.1, -0.05) is 29.8 Å². The quantitative estimate of drug-likeness (QED) is 0.714. The van der Waals surface area contributed by atoms with Crippen molar-refractivity contribution in [3.05, 3.63) is 70.2 Å². The van der Waals surface area contributed by atoms with Crippen LogP contribution in [0.2, 0.25) is 5.02 Å². The molecule has 1 aliphatic rings. The standard InChI is InChI=1S/C21H23ClN4O2/c22-16-6-7-20-19(12-16)21(28)26(15-23-20)14-18(27)13-24-8-10-25(11-9-24)17-4-2-1-3-5-17/h1-7,12,15,18,27H,8-11,13-14H2/t18-/m1/s1. The van der Waals surface area contributed by atoms with Crippen LogP contribution in [-0.4, -0.2) is 58.4 Å². The van der Waals surface area contributed by atoms with Crippen molar-refractivity contribution in [3.8, 4) is 0 Å². The Morgan fingerprint density at radius 1 is 1.04 bits per heavy atom. The minimum Gasteiger partial charge on any atom is -0.390 e. The first-order valence-electron chi connectivity index (χ1n) is 9.45. The van der Waals surface area contributed by atoms with Gasteiger partial charge in [0.25, 0.3) is 5.56 Å². The minimum atomic E-state index is -0.639. The molecule has 0 saturated carbocycles. The van der Waals surface area contributed by atoms with Crippen molar-refractivity contribution >= 4 is 28.2 Å². The van der Waals surface area contributed by atoms with E-state index in [1.165, 1.54) is 16.6 Å². The highest BCUT2D eigenvalue weighted by Crippen LogP contribution is 2.16. The Bertz CT molecular complexity index is 1000. The highest BCUT2D eigenvalue weighted by Gasteiger charge is 2.20. The molecule has 0 bridgehead atoms. The van der Waals surface area contributed by atoms with E-state index in [1.54, 1.807) is 18.2 Å². The Morgan fingerprint density at radius 2 is 1.79 bits per heavy atom. The fraction of sp³-hybridized carbons (Fsp3) is 0.333. The van der Waals surface area contributed by atoms with E-state index in [0.717, 1.165) is 26.2 Å². The van der Waals surface area contributed by atoms with Gasteiger partial charge in [0.05, 0.1) is 29.9 Å². The second-order valence-corrected chi connectivity index (χ2v) is 7.58. The molecule has 7 heteroatoms. The van der Waals surface area contributed by atoms with E-state index in [-0.39, 0.29) is 12.1 Å². The fourth-order valence-corrected chi connectivity index (χ4v) is 3.84. The Balaban J connectivity index is 1.36. The molecular formula is C21H23ClN4O2. The molecule has 0 unspecified atom stereocenters. The average molecular weight is 399 g/mol. The predicted octanol–water partition coefficient (Wildman–Crippen LogP) is 2.23. The topological polar surface area (TPSA) is 61.6 Å². The van der Waals surface area contributed by atoms with Gasteiger partial charge < -0.3 is 10.0 Å². The molecule has 0 spiro atoms. The van der Waals surface area contributed by atoms with Gasteiger partial charge in [-0.2, -0.15) is 0 Å². The van der Waals surface area contributed by atoms with Crippen molar-refractivity contribution in [3.63, 3.8) is 0 Å². The third-order valence-electron chi connectivity index (χ3n) is 5.16. The molecular weight excluding hydrogens is 376 g/mol. The lowest BCUT2D eigenvalue weighted by molar-refractivity contribution is 0.0940. The Labute approximate surface area is 168 Å². The molecule has 3 aromatic rings. The summed E-state index contributed by atoms with van der Waals surface area (Å²) in [6.45, 7) is 4.36. The second-order valence-electron chi connectivity index (χ2n) is 7.14. The highest BCUT2D eigenvalue weighted by molar-refractivity contribution is 6.31. The predicted molar refractivity (Wildman–Crippen MR) is 112 cm³/mol. The number of piperazine rings is 1. The molecule has 1 fully saturated rings. The summed E-state index contributed by atoms with van der Waals surface area (Å²) < 4.78 is 1.46. The largest absolute Gasteiger partial charge is 0.390 e. The van der Waals surface area contributed by atoms with E-state index in [0.29, 0.717) is 22.5 Å². The summed E-state index contributed by atoms with van der Waals surface area (Å²) >= 11 is 6.00. The first-order chi connectivity index (χ1) is 13.6. The van der Waals surface area contributed by atoms with Crippen LogP contribution in [0.5, 0.6) is 0 Å². The fourth-order valence-electron chi connectivity index (χ4n) is 3.67. The number of halogens is 1. The number of rotatable bonds is 5. The summed E-state index contributed by atoms with van der Waals surface area (Å²) in [5.74, 6) is 0. The van der Waals surface area contributed by atoms with Crippen molar-refractivity contribution < 1.29 is 5.11 Å². The highest BCUT2D eigenvalue weighted by atomic mass is 35.5. The number of β-amino-alcohol motifs (C(OH)–C–C–N with tert-alkyl or cyclic N) is 1. The van der Waals surface area contributed by atoms with E-state index < -0.39 is 6.10 Å². The molecule has 2 aromatic carbocycles. The van der Waals surface area contributed by atoms with E-state index in [1.807, 2.05) is 18.2 Å². The third kappa shape index (κ3) is 4.19. The van der Waals surface area contributed by atoms with Gasteiger partial charge in [-0.05, 0) is 30.3 Å². The van der Waals surface area contributed by atoms with E-state index >= 15 is 0 Å². The van der Waals surface area contributed by atoms with Crippen LogP contribution in [0, 0.1) is 0 Å². The normalized spacial score (nSPS) is 16.4. The SMILES string of the molecule is O=c1c2cc(Cl)ccc2ncn1C[C@H](O)CN1CCN(c2ccccc2)CC1. The molecule has 1 saturated heterocycles. The lowest BCUT2D eigenvalue weighted by Crippen LogP contribution is -2.49. The van der Waals surface area contributed by atoms with Gasteiger partial charge >= 0.3 is 0 Å². The number of para-hydroxylation sites is 1. The summed E-state index contributed by atoms with van der Waals surface area (Å²) in [6, 6.07) is 15.4. The van der Waals surface area contributed by atoms with E-state index in [4.69, 9.17) is 11.6 Å². The molecule has 2 heterocycles. The third-order valence-corrected chi connectivity index (χ3v) is 5.39. The Hall–Kier alpha value is -2.41. The van der Waals surface area contributed by atoms with Crippen LogP contribution in [0.4, 0.5) is 5.69 Å². The molecule has 1 atom stereocenters. The monoisotopic (exact) mass is 398 g/mol. The Kier molecular flexibility index (Phi) is 5.62. The number of hydrogen-bond acceptors (Lipinski definition) is 5. The zero-order chi connectivity index (χ0) is 19.5. The van der Waals surface area contributed by atoms with Crippen molar-refractivity contribution in [2.45, 2.75) is 12.6 Å². The molecule has 4 rings (SSSR count). The van der Waals surface area contributed by atoms with Crippen molar-refractivity contribution in [2.24, 2.45) is 0 Å². The number of hydrogen-bond donors (Lipinski definition) is 1. The zero-order valence-corrected chi connectivity index (χ0v) is 16.3. The van der Waals surface area contributed by atoms with Crippen LogP contribution < -0.4 is 10.5 Å². The van der Waals surface area contributed by atoms with Gasteiger partial charge in [0.15, 0.2) is 0 Å². The zero-order valence-electron chi connectivity index (χ0n) is 15.5. The van der Waals surface area contributed by atoms with Crippen molar-refractivity contribution in [1.82, 2.24) is 14.5 Å². The molecule has 6 nitrogen and oxygen atoms in total. The molecule has 1 aromatic heterocycles. The van der Waals surface area contributed by atoms with Crippen LogP contribution in [0.25, 0.3) is 10.9 Å². The van der Waals surface area contributed by atoms with E-state index in [9.17, 15) is 9.90 Å². The second kappa shape index (κ2) is 8.31. The maximum absolute atomic E-state index is 12.6. The van der Waals surface area contributed by atoms with Crippen molar-refractivity contribution in [1.29, 1.82) is 0 Å². The number of fused-ring (bicyclic) bond motifs is 1. The lowest BCUT2D eigenvalue weighted by atomic mass is 10.2. The van der Waals surface area contributed by atoms with Gasteiger partial charge in [-0.15, -0.1) is 0 Å². The van der Waals surface area contributed by atoms with Gasteiger partial charge in [0.1, 0.15) is 0 Å². The summed E-state index contributed by atoms with van der Waals surface area (Å²) in [6.07, 6.45) is 0.856. The summed E-state index contributed by atoms with van der Waals surface area (Å²) in [5.41, 5.74) is 1.66. The number of aromatic nitrogens is 2. The maximum atomic E-state index is 12.6. The number of nitrogens with zero attached hydrogens (tertiary/aromatic N) is 4. The maximum Gasteiger partial charge on any atom is 0.261 e. The number of anilines is 1. The van der Waals surface area contributed by atoms with Gasteiger partial charge in [0.2, 0.25) is 0 Å². The van der Waals surface area contributed by atoms with Gasteiger partial charge in [0, 0.05) is 43.4 Å².